The van der Waals surface area contributed by atoms with Crippen molar-refractivity contribution >= 4 is 5.71 Å². The number of para-hydroxylation sites is 1. The van der Waals surface area contributed by atoms with Gasteiger partial charge in [0.05, 0.1) is 5.71 Å². The lowest BCUT2D eigenvalue weighted by atomic mass is 9.91. The fourth-order valence-electron chi connectivity index (χ4n) is 2.94. The number of nitrogens with zero attached hydrogens (tertiary/aromatic N) is 1. The molecule has 1 unspecified atom stereocenters. The van der Waals surface area contributed by atoms with Gasteiger partial charge >= 0.3 is 0 Å². The first kappa shape index (κ1) is 14.5. The van der Waals surface area contributed by atoms with Crippen LogP contribution < -0.4 is 10.2 Å². The second-order valence-electron chi connectivity index (χ2n) is 5.76. The first-order chi connectivity index (χ1) is 11.9. The van der Waals surface area contributed by atoms with E-state index in [2.05, 4.69) is 46.9 Å². The maximum absolute atomic E-state index is 5.85. The Hall–Kier alpha value is -3.07. The number of nitrogens with one attached hydrogen (secondary N) is 1. The molecule has 1 aliphatic rings. The molecule has 3 aromatic rings. The van der Waals surface area contributed by atoms with Gasteiger partial charge in [0.15, 0.2) is 0 Å². The van der Waals surface area contributed by atoms with Gasteiger partial charge in [0, 0.05) is 12.5 Å². The van der Waals surface area contributed by atoms with Crippen molar-refractivity contribution in [3.63, 3.8) is 0 Å². The predicted octanol–water partition coefficient (Wildman–Crippen LogP) is 4.57. The molecule has 1 atom stereocenters. The summed E-state index contributed by atoms with van der Waals surface area (Å²) < 4.78 is 5.85. The second-order valence-corrected chi connectivity index (χ2v) is 5.76. The highest BCUT2D eigenvalue weighted by Gasteiger charge is 2.24. The largest absolute Gasteiger partial charge is 0.457 e. The quantitative estimate of drug-likeness (QED) is 0.765. The predicted molar refractivity (Wildman–Crippen MR) is 96.7 cm³/mol. The van der Waals surface area contributed by atoms with Gasteiger partial charge < -0.3 is 10.2 Å². The van der Waals surface area contributed by atoms with Crippen molar-refractivity contribution in [3.8, 4) is 11.5 Å². The van der Waals surface area contributed by atoms with Crippen molar-refractivity contribution in [1.29, 1.82) is 0 Å². The molecule has 4 rings (SSSR count). The summed E-state index contributed by atoms with van der Waals surface area (Å²) in [5.74, 6) is 1.95. The number of hydrogen-bond acceptors (Lipinski definition) is 3. The molecule has 0 bridgehead atoms. The van der Waals surface area contributed by atoms with Crippen LogP contribution in [0.3, 0.4) is 0 Å². The summed E-state index contributed by atoms with van der Waals surface area (Å²) in [5, 5.41) is 4.50. The number of ether oxygens (including phenoxy) is 1. The van der Waals surface area contributed by atoms with E-state index in [0.29, 0.717) is 0 Å². The number of benzene rings is 3. The van der Waals surface area contributed by atoms with Gasteiger partial charge in [-0.25, -0.2) is 0 Å². The molecular formula is C21H18N2O. The molecule has 0 saturated carbocycles. The zero-order valence-corrected chi connectivity index (χ0v) is 13.2. The van der Waals surface area contributed by atoms with Gasteiger partial charge in [-0.15, -0.1) is 0 Å². The lowest BCUT2D eigenvalue weighted by Gasteiger charge is -2.13. The summed E-state index contributed by atoms with van der Waals surface area (Å²) in [5.41, 5.74) is 6.61. The lowest BCUT2D eigenvalue weighted by Crippen LogP contribution is -2.14. The Labute approximate surface area is 141 Å². The molecule has 0 fully saturated rings. The van der Waals surface area contributed by atoms with E-state index >= 15 is 0 Å². The molecular weight excluding hydrogens is 296 g/mol. The Balaban J connectivity index is 1.54. The zero-order chi connectivity index (χ0) is 16.2. The first-order valence-corrected chi connectivity index (χ1v) is 8.09. The van der Waals surface area contributed by atoms with Gasteiger partial charge in [0.2, 0.25) is 0 Å². The molecule has 3 nitrogen and oxygen atoms in total. The molecule has 0 saturated heterocycles. The van der Waals surface area contributed by atoms with Gasteiger partial charge in [-0.05, 0) is 47.5 Å². The molecule has 0 aromatic heterocycles. The van der Waals surface area contributed by atoms with Gasteiger partial charge in [-0.3, -0.25) is 0 Å². The fourth-order valence-corrected chi connectivity index (χ4v) is 2.94. The fraction of sp³-hybridized carbons (Fsp3) is 0.0952. The van der Waals surface area contributed by atoms with Crippen molar-refractivity contribution in [1.82, 2.24) is 5.43 Å². The van der Waals surface area contributed by atoms with Crippen molar-refractivity contribution in [2.75, 3.05) is 6.54 Å². The van der Waals surface area contributed by atoms with E-state index in [0.717, 1.165) is 29.3 Å². The highest BCUT2D eigenvalue weighted by atomic mass is 16.5. The Kier molecular flexibility index (Phi) is 3.98. The van der Waals surface area contributed by atoms with E-state index in [4.69, 9.17) is 4.74 Å². The van der Waals surface area contributed by atoms with Crippen LogP contribution in [0.1, 0.15) is 17.0 Å². The van der Waals surface area contributed by atoms with Crippen molar-refractivity contribution < 1.29 is 4.74 Å². The summed E-state index contributed by atoms with van der Waals surface area (Å²) in [6.07, 6.45) is 0. The summed E-state index contributed by atoms with van der Waals surface area (Å²) in [6, 6.07) is 28.4. The van der Waals surface area contributed by atoms with E-state index in [9.17, 15) is 0 Å². The molecule has 3 aromatic carbocycles. The van der Waals surface area contributed by atoms with Gasteiger partial charge in [-0.1, -0.05) is 48.5 Å². The molecule has 0 amide bonds. The smallest absolute Gasteiger partial charge is 0.127 e. The van der Waals surface area contributed by atoms with E-state index in [1.54, 1.807) is 0 Å². The van der Waals surface area contributed by atoms with Gasteiger partial charge in [0.25, 0.3) is 0 Å². The maximum atomic E-state index is 5.85. The molecule has 0 radical (unpaired) electrons. The van der Waals surface area contributed by atoms with Crippen LogP contribution in [0.25, 0.3) is 0 Å². The minimum atomic E-state index is 0.284. The number of rotatable bonds is 4. The molecule has 118 valence electrons. The summed E-state index contributed by atoms with van der Waals surface area (Å²) >= 11 is 0. The van der Waals surface area contributed by atoms with Crippen LogP contribution in [0.4, 0.5) is 0 Å². The van der Waals surface area contributed by atoms with Crippen molar-refractivity contribution in [2.24, 2.45) is 5.10 Å². The molecule has 0 spiro atoms. The minimum absolute atomic E-state index is 0.284. The molecule has 0 aliphatic carbocycles. The van der Waals surface area contributed by atoms with E-state index in [1.807, 2.05) is 48.5 Å². The summed E-state index contributed by atoms with van der Waals surface area (Å²) in [6.45, 7) is 0.835. The first-order valence-electron chi connectivity index (χ1n) is 8.09. The third kappa shape index (κ3) is 3.01. The Bertz CT molecular complexity index is 827. The zero-order valence-electron chi connectivity index (χ0n) is 13.2. The lowest BCUT2D eigenvalue weighted by molar-refractivity contribution is 0.482. The van der Waals surface area contributed by atoms with Crippen LogP contribution in [0.15, 0.2) is 90.0 Å². The molecule has 3 heteroatoms. The van der Waals surface area contributed by atoms with Crippen molar-refractivity contribution in [2.45, 2.75) is 5.92 Å². The van der Waals surface area contributed by atoms with Gasteiger partial charge in [0.1, 0.15) is 11.5 Å². The second kappa shape index (κ2) is 6.59. The molecule has 1 aliphatic heterocycles. The minimum Gasteiger partial charge on any atom is -0.457 e. The monoisotopic (exact) mass is 314 g/mol. The van der Waals surface area contributed by atoms with Crippen molar-refractivity contribution in [3.05, 3.63) is 96.1 Å². The SMILES string of the molecule is c1ccc(Oc2ccc(C3=NNCC3c3ccccc3)cc2)cc1. The maximum Gasteiger partial charge on any atom is 0.127 e. The molecule has 1 N–H and O–H groups in total. The third-order valence-corrected chi connectivity index (χ3v) is 4.16. The van der Waals surface area contributed by atoms with Crippen LogP contribution in [-0.4, -0.2) is 12.3 Å². The van der Waals surface area contributed by atoms with E-state index < -0.39 is 0 Å². The standard InChI is InChI=1S/C21H18N2O/c1-3-7-16(8-4-1)20-15-22-23-21(20)17-11-13-19(14-12-17)24-18-9-5-2-6-10-18/h1-14,20,22H,15H2. The van der Waals surface area contributed by atoms with Crippen LogP contribution >= 0.6 is 0 Å². The Morgan fingerprint density at radius 2 is 1.38 bits per heavy atom. The van der Waals surface area contributed by atoms with Gasteiger partial charge in [-0.2, -0.15) is 5.10 Å². The highest BCUT2D eigenvalue weighted by molar-refractivity contribution is 6.06. The topological polar surface area (TPSA) is 33.6 Å². The van der Waals surface area contributed by atoms with Crippen LogP contribution in [0.5, 0.6) is 11.5 Å². The highest BCUT2D eigenvalue weighted by Crippen LogP contribution is 2.27. The number of hydrazone groups is 1. The van der Waals surface area contributed by atoms with Crippen LogP contribution in [0.2, 0.25) is 0 Å². The van der Waals surface area contributed by atoms with E-state index in [-0.39, 0.29) is 5.92 Å². The average Bonchev–Trinajstić information content (AvgIpc) is 3.14. The average molecular weight is 314 g/mol. The van der Waals surface area contributed by atoms with Crippen LogP contribution in [-0.2, 0) is 0 Å². The third-order valence-electron chi connectivity index (χ3n) is 4.16. The Morgan fingerprint density at radius 3 is 2.08 bits per heavy atom. The number of hydrogen-bond donors (Lipinski definition) is 1. The molecule has 24 heavy (non-hydrogen) atoms. The normalized spacial score (nSPS) is 16.3. The summed E-state index contributed by atoms with van der Waals surface area (Å²) in [7, 11) is 0. The Morgan fingerprint density at radius 1 is 0.750 bits per heavy atom. The van der Waals surface area contributed by atoms with E-state index in [1.165, 1.54) is 5.56 Å². The van der Waals surface area contributed by atoms with Crippen LogP contribution in [0, 0.1) is 0 Å². The molecule has 1 heterocycles. The summed E-state index contributed by atoms with van der Waals surface area (Å²) in [4.78, 5) is 0.